The van der Waals surface area contributed by atoms with Gasteiger partial charge in [0.2, 0.25) is 0 Å². The standard InChI is InChI=1S/C12H20O4/c1-7-5-9(11(13)15-3)10(6-8(7)2)12(14)16-4/h7-10H,5-6H2,1-4H3/t7-,8-,9-,10+/m0/s1. The van der Waals surface area contributed by atoms with Crippen molar-refractivity contribution in [1.29, 1.82) is 0 Å². The van der Waals surface area contributed by atoms with E-state index in [1.165, 1.54) is 14.2 Å². The molecule has 0 saturated heterocycles. The first-order valence-electron chi connectivity index (χ1n) is 5.66. The Kier molecular flexibility index (Phi) is 4.33. The third-order valence-corrected chi connectivity index (χ3v) is 3.72. The smallest absolute Gasteiger partial charge is 0.309 e. The van der Waals surface area contributed by atoms with Crippen LogP contribution >= 0.6 is 0 Å². The molecule has 16 heavy (non-hydrogen) atoms. The topological polar surface area (TPSA) is 52.6 Å². The molecule has 1 rings (SSSR count). The number of carbonyl (C=O) groups excluding carboxylic acids is 2. The molecule has 1 saturated carbocycles. The Labute approximate surface area is 96.3 Å². The molecule has 0 aromatic heterocycles. The molecule has 4 heteroatoms. The van der Waals surface area contributed by atoms with Crippen LogP contribution in [-0.2, 0) is 19.1 Å². The van der Waals surface area contributed by atoms with E-state index in [1.54, 1.807) is 0 Å². The molecule has 0 heterocycles. The SMILES string of the molecule is COC(=O)[C@H]1C[C@H](C)[C@@H](C)C[C@H]1C(=O)OC. The fourth-order valence-electron chi connectivity index (χ4n) is 2.42. The van der Waals surface area contributed by atoms with Gasteiger partial charge in [0.25, 0.3) is 0 Å². The van der Waals surface area contributed by atoms with Crippen LogP contribution in [0.2, 0.25) is 0 Å². The van der Waals surface area contributed by atoms with Gasteiger partial charge in [-0.25, -0.2) is 0 Å². The maximum atomic E-state index is 11.6. The molecule has 1 aliphatic carbocycles. The summed E-state index contributed by atoms with van der Waals surface area (Å²) in [7, 11) is 2.72. The van der Waals surface area contributed by atoms with E-state index in [0.717, 1.165) is 0 Å². The van der Waals surface area contributed by atoms with Gasteiger partial charge in [-0.3, -0.25) is 9.59 Å². The summed E-state index contributed by atoms with van der Waals surface area (Å²) in [5.74, 6) is -0.411. The van der Waals surface area contributed by atoms with E-state index >= 15 is 0 Å². The number of ether oxygens (including phenoxy) is 2. The van der Waals surface area contributed by atoms with Crippen molar-refractivity contribution in [2.45, 2.75) is 26.7 Å². The van der Waals surface area contributed by atoms with Crippen LogP contribution in [0, 0.1) is 23.7 Å². The summed E-state index contributed by atoms with van der Waals surface area (Å²) in [6.07, 6.45) is 1.40. The first kappa shape index (κ1) is 13.0. The molecule has 0 unspecified atom stereocenters. The van der Waals surface area contributed by atoms with Gasteiger partial charge < -0.3 is 9.47 Å². The van der Waals surface area contributed by atoms with Crippen LogP contribution in [0.3, 0.4) is 0 Å². The maximum absolute atomic E-state index is 11.6. The fourth-order valence-corrected chi connectivity index (χ4v) is 2.42. The van der Waals surface area contributed by atoms with Crippen molar-refractivity contribution in [3.8, 4) is 0 Å². The van der Waals surface area contributed by atoms with Gasteiger partial charge in [-0.1, -0.05) is 13.8 Å². The Bertz CT molecular complexity index is 246. The van der Waals surface area contributed by atoms with Crippen LogP contribution in [0.4, 0.5) is 0 Å². The van der Waals surface area contributed by atoms with Crippen molar-refractivity contribution in [3.63, 3.8) is 0 Å². The van der Waals surface area contributed by atoms with E-state index in [1.807, 2.05) is 0 Å². The number of rotatable bonds is 2. The number of carbonyl (C=O) groups is 2. The number of hydrogen-bond acceptors (Lipinski definition) is 4. The van der Waals surface area contributed by atoms with Gasteiger partial charge in [0, 0.05) is 0 Å². The van der Waals surface area contributed by atoms with Crippen molar-refractivity contribution in [2.75, 3.05) is 14.2 Å². The average molecular weight is 228 g/mol. The van der Waals surface area contributed by atoms with E-state index < -0.39 is 0 Å². The Morgan fingerprint density at radius 3 is 1.44 bits per heavy atom. The van der Waals surface area contributed by atoms with Crippen LogP contribution in [0.5, 0.6) is 0 Å². The molecule has 0 aromatic carbocycles. The Hall–Kier alpha value is -1.06. The maximum Gasteiger partial charge on any atom is 0.309 e. The fraction of sp³-hybridized carbons (Fsp3) is 0.833. The zero-order valence-electron chi connectivity index (χ0n) is 10.4. The minimum Gasteiger partial charge on any atom is -0.469 e. The van der Waals surface area contributed by atoms with Crippen LogP contribution in [0.1, 0.15) is 26.7 Å². The minimum atomic E-state index is -0.344. The summed E-state index contributed by atoms with van der Waals surface area (Å²) in [5.41, 5.74) is 0. The van der Waals surface area contributed by atoms with Gasteiger partial charge >= 0.3 is 11.9 Å². The molecular formula is C12H20O4. The predicted molar refractivity (Wildman–Crippen MR) is 58.6 cm³/mol. The van der Waals surface area contributed by atoms with Gasteiger partial charge in [-0.05, 0) is 24.7 Å². The summed E-state index contributed by atoms with van der Waals surface area (Å²) in [6, 6.07) is 0. The van der Waals surface area contributed by atoms with E-state index in [0.29, 0.717) is 24.7 Å². The average Bonchev–Trinajstić information content (AvgIpc) is 2.30. The first-order valence-corrected chi connectivity index (χ1v) is 5.66. The molecule has 4 atom stereocenters. The van der Waals surface area contributed by atoms with Crippen LogP contribution in [-0.4, -0.2) is 26.2 Å². The van der Waals surface area contributed by atoms with Gasteiger partial charge in [0.05, 0.1) is 26.1 Å². The van der Waals surface area contributed by atoms with Crippen molar-refractivity contribution >= 4 is 11.9 Å². The van der Waals surface area contributed by atoms with E-state index in [2.05, 4.69) is 13.8 Å². The second-order valence-corrected chi connectivity index (χ2v) is 4.69. The van der Waals surface area contributed by atoms with Crippen LogP contribution < -0.4 is 0 Å². The van der Waals surface area contributed by atoms with Gasteiger partial charge in [0.1, 0.15) is 0 Å². The highest BCUT2D eigenvalue weighted by Gasteiger charge is 2.42. The molecule has 92 valence electrons. The molecule has 0 N–H and O–H groups in total. The highest BCUT2D eigenvalue weighted by molar-refractivity contribution is 5.82. The highest BCUT2D eigenvalue weighted by atomic mass is 16.5. The molecule has 0 spiro atoms. The largest absolute Gasteiger partial charge is 0.469 e. The van der Waals surface area contributed by atoms with E-state index in [4.69, 9.17) is 9.47 Å². The number of esters is 2. The second-order valence-electron chi connectivity index (χ2n) is 4.69. The summed E-state index contributed by atoms with van der Waals surface area (Å²) in [4.78, 5) is 23.2. The van der Waals surface area contributed by atoms with Crippen molar-refractivity contribution in [1.82, 2.24) is 0 Å². The highest BCUT2D eigenvalue weighted by Crippen LogP contribution is 2.38. The molecule has 4 nitrogen and oxygen atoms in total. The Balaban J connectivity index is 2.83. The van der Waals surface area contributed by atoms with Crippen molar-refractivity contribution in [3.05, 3.63) is 0 Å². The predicted octanol–water partition coefficient (Wildman–Crippen LogP) is 1.63. The first-order chi connectivity index (χ1) is 7.51. The van der Waals surface area contributed by atoms with Crippen molar-refractivity contribution < 1.29 is 19.1 Å². The van der Waals surface area contributed by atoms with E-state index in [-0.39, 0.29) is 23.8 Å². The molecule has 0 aliphatic heterocycles. The summed E-state index contributed by atoms with van der Waals surface area (Å²) in [6.45, 7) is 4.21. The van der Waals surface area contributed by atoms with Gasteiger partial charge in [-0.2, -0.15) is 0 Å². The lowest BCUT2D eigenvalue weighted by molar-refractivity contribution is -0.161. The van der Waals surface area contributed by atoms with Crippen LogP contribution in [0.15, 0.2) is 0 Å². The lowest BCUT2D eigenvalue weighted by atomic mass is 9.69. The third kappa shape index (κ3) is 2.54. The Morgan fingerprint density at radius 2 is 1.19 bits per heavy atom. The third-order valence-electron chi connectivity index (χ3n) is 3.72. The molecule has 0 radical (unpaired) electrons. The zero-order valence-corrected chi connectivity index (χ0v) is 10.4. The lowest BCUT2D eigenvalue weighted by Crippen LogP contribution is -2.39. The molecular weight excluding hydrogens is 208 g/mol. The van der Waals surface area contributed by atoms with E-state index in [9.17, 15) is 9.59 Å². The molecule has 0 aromatic rings. The Morgan fingerprint density at radius 1 is 0.875 bits per heavy atom. The lowest BCUT2D eigenvalue weighted by Gasteiger charge is -2.35. The summed E-state index contributed by atoms with van der Waals surface area (Å²) >= 11 is 0. The molecule has 1 aliphatic rings. The van der Waals surface area contributed by atoms with Gasteiger partial charge in [-0.15, -0.1) is 0 Å². The monoisotopic (exact) mass is 228 g/mol. The zero-order chi connectivity index (χ0) is 12.3. The number of methoxy groups -OCH3 is 2. The summed E-state index contributed by atoms with van der Waals surface area (Å²) < 4.78 is 9.50. The molecule has 1 fully saturated rings. The van der Waals surface area contributed by atoms with Crippen LogP contribution in [0.25, 0.3) is 0 Å². The minimum absolute atomic E-state index is 0.297. The van der Waals surface area contributed by atoms with Crippen molar-refractivity contribution in [2.24, 2.45) is 23.7 Å². The molecule has 0 bridgehead atoms. The van der Waals surface area contributed by atoms with Gasteiger partial charge in [0.15, 0.2) is 0 Å². The number of hydrogen-bond donors (Lipinski definition) is 0. The molecule has 0 amide bonds. The quantitative estimate of drug-likeness (QED) is 0.674. The second kappa shape index (κ2) is 5.32. The normalized spacial score (nSPS) is 34.2. The summed E-state index contributed by atoms with van der Waals surface area (Å²) in [5, 5.41) is 0.